The van der Waals surface area contributed by atoms with Gasteiger partial charge in [0.15, 0.2) is 0 Å². The molecule has 0 bridgehead atoms. The molecule has 0 saturated heterocycles. The fraction of sp³-hybridized carbons (Fsp3) is 0.400. The van der Waals surface area contributed by atoms with Gasteiger partial charge in [-0.2, -0.15) is 0 Å². The van der Waals surface area contributed by atoms with Crippen LogP contribution in [0.5, 0.6) is 0 Å². The van der Waals surface area contributed by atoms with Gasteiger partial charge in [-0.05, 0) is 30.4 Å². The van der Waals surface area contributed by atoms with Crippen LogP contribution in [-0.2, 0) is 12.8 Å². The van der Waals surface area contributed by atoms with Crippen molar-refractivity contribution in [3.05, 3.63) is 35.4 Å². The number of hydrogen-bond donors (Lipinski definition) is 0. The lowest BCUT2D eigenvalue weighted by molar-refractivity contribution is 0.682. The summed E-state index contributed by atoms with van der Waals surface area (Å²) in [4.78, 5) is 0. The predicted molar refractivity (Wildman–Crippen MR) is 59.1 cm³/mol. The summed E-state index contributed by atoms with van der Waals surface area (Å²) in [6.45, 7) is 0. The highest BCUT2D eigenvalue weighted by atomic mass is 79.9. The lowest BCUT2D eigenvalue weighted by Crippen LogP contribution is -2.22. The van der Waals surface area contributed by atoms with Gasteiger partial charge in [0.25, 0.3) is 0 Å². The van der Waals surface area contributed by atoms with Gasteiger partial charge < -0.3 is 0 Å². The summed E-state index contributed by atoms with van der Waals surface area (Å²) in [5, 5.41) is 0. The number of hydrogen-bond acceptors (Lipinski definition) is 0. The van der Waals surface area contributed by atoms with Crippen LogP contribution in [0.3, 0.4) is 0 Å². The Morgan fingerprint density at radius 3 is 2.50 bits per heavy atom. The minimum atomic E-state index is 0.147. The summed E-state index contributed by atoms with van der Waals surface area (Å²) in [7, 11) is 0. The number of fused-ring (bicyclic) bond motifs is 1. The number of halogens is 2. The van der Waals surface area contributed by atoms with Crippen LogP contribution in [0.1, 0.15) is 17.5 Å². The first-order valence-electron chi connectivity index (χ1n) is 4.12. The number of benzene rings is 1. The molecule has 0 aliphatic heterocycles. The average Bonchev–Trinajstić information content (AvgIpc) is 2.02. The molecule has 0 unspecified atom stereocenters. The van der Waals surface area contributed by atoms with Crippen molar-refractivity contribution in [3.8, 4) is 0 Å². The highest BCUT2D eigenvalue weighted by Crippen LogP contribution is 2.39. The Labute approximate surface area is 89.6 Å². The number of rotatable bonds is 0. The Hall–Kier alpha value is 0.180. The van der Waals surface area contributed by atoms with Crippen molar-refractivity contribution in [1.82, 2.24) is 0 Å². The molecule has 0 saturated carbocycles. The monoisotopic (exact) mass is 288 g/mol. The highest BCUT2D eigenvalue weighted by Gasteiger charge is 2.28. The maximum absolute atomic E-state index is 3.68. The van der Waals surface area contributed by atoms with Crippen LogP contribution in [0.4, 0.5) is 0 Å². The zero-order valence-corrected chi connectivity index (χ0v) is 9.86. The quantitative estimate of drug-likeness (QED) is 0.640. The van der Waals surface area contributed by atoms with E-state index in [0.29, 0.717) is 0 Å². The van der Waals surface area contributed by atoms with Crippen LogP contribution in [0, 0.1) is 0 Å². The fourth-order valence-corrected chi connectivity index (χ4v) is 2.66. The van der Waals surface area contributed by atoms with E-state index in [4.69, 9.17) is 0 Å². The van der Waals surface area contributed by atoms with Crippen molar-refractivity contribution in [3.63, 3.8) is 0 Å². The summed E-state index contributed by atoms with van der Waals surface area (Å²) >= 11 is 7.36. The molecule has 0 radical (unpaired) electrons. The number of aryl methyl sites for hydroxylation is 1. The van der Waals surface area contributed by atoms with E-state index in [9.17, 15) is 0 Å². The maximum Gasteiger partial charge on any atom is 0.0849 e. The van der Waals surface area contributed by atoms with E-state index < -0.39 is 0 Å². The van der Waals surface area contributed by atoms with Crippen LogP contribution < -0.4 is 0 Å². The molecule has 0 heterocycles. The van der Waals surface area contributed by atoms with Gasteiger partial charge >= 0.3 is 0 Å². The lowest BCUT2D eigenvalue weighted by atomic mass is 9.92. The van der Waals surface area contributed by atoms with Gasteiger partial charge in [-0.25, -0.2) is 0 Å². The van der Waals surface area contributed by atoms with Gasteiger partial charge in [-0.1, -0.05) is 56.1 Å². The summed E-state index contributed by atoms with van der Waals surface area (Å²) in [5.74, 6) is 0. The number of alkyl halides is 2. The Morgan fingerprint density at radius 2 is 1.75 bits per heavy atom. The first-order chi connectivity index (χ1) is 5.67. The Kier molecular flexibility index (Phi) is 2.30. The topological polar surface area (TPSA) is 0 Å². The minimum Gasteiger partial charge on any atom is -0.0724 e. The van der Waals surface area contributed by atoms with E-state index in [1.165, 1.54) is 24.0 Å². The molecular formula is C10H10Br2. The third-order valence-electron chi connectivity index (χ3n) is 2.33. The first-order valence-corrected chi connectivity index (χ1v) is 5.71. The van der Waals surface area contributed by atoms with Gasteiger partial charge in [0.1, 0.15) is 0 Å². The van der Waals surface area contributed by atoms with E-state index in [2.05, 4.69) is 56.1 Å². The summed E-state index contributed by atoms with van der Waals surface area (Å²) in [6.07, 6.45) is 3.43. The van der Waals surface area contributed by atoms with Crippen LogP contribution in [0.15, 0.2) is 24.3 Å². The average molecular weight is 290 g/mol. The molecular weight excluding hydrogens is 280 g/mol. The molecule has 1 aromatic carbocycles. The molecule has 1 aliphatic carbocycles. The van der Waals surface area contributed by atoms with Crippen molar-refractivity contribution in [2.75, 3.05) is 0 Å². The van der Waals surface area contributed by atoms with Crippen molar-refractivity contribution in [2.45, 2.75) is 22.5 Å². The molecule has 2 rings (SSSR count). The van der Waals surface area contributed by atoms with E-state index in [-0.39, 0.29) is 3.23 Å². The van der Waals surface area contributed by atoms with Crippen LogP contribution in [-0.4, -0.2) is 3.23 Å². The highest BCUT2D eigenvalue weighted by molar-refractivity contribution is 9.25. The minimum absolute atomic E-state index is 0.147. The SMILES string of the molecule is BrC1(Br)CCc2ccccc2C1. The van der Waals surface area contributed by atoms with E-state index in [1.54, 1.807) is 0 Å². The first kappa shape index (κ1) is 8.76. The second kappa shape index (κ2) is 3.15. The largest absolute Gasteiger partial charge is 0.0849 e. The van der Waals surface area contributed by atoms with Crippen molar-refractivity contribution in [2.24, 2.45) is 0 Å². The van der Waals surface area contributed by atoms with Crippen molar-refractivity contribution in [1.29, 1.82) is 0 Å². The van der Waals surface area contributed by atoms with Gasteiger partial charge in [0.05, 0.1) is 3.23 Å². The second-order valence-electron chi connectivity index (χ2n) is 3.30. The maximum atomic E-state index is 3.68. The fourth-order valence-electron chi connectivity index (χ4n) is 1.66. The van der Waals surface area contributed by atoms with Gasteiger partial charge in [-0.3, -0.25) is 0 Å². The zero-order chi connectivity index (χ0) is 8.60. The molecule has 0 N–H and O–H groups in total. The predicted octanol–water partition coefficient (Wildman–Crippen LogP) is 3.66. The third kappa shape index (κ3) is 1.74. The Bertz CT molecular complexity index is 292. The molecule has 1 aromatic rings. The Morgan fingerprint density at radius 1 is 1.08 bits per heavy atom. The van der Waals surface area contributed by atoms with Crippen LogP contribution >= 0.6 is 31.9 Å². The molecule has 2 heteroatoms. The smallest absolute Gasteiger partial charge is 0.0724 e. The summed E-state index contributed by atoms with van der Waals surface area (Å²) < 4.78 is 0.147. The molecule has 0 amide bonds. The molecule has 12 heavy (non-hydrogen) atoms. The van der Waals surface area contributed by atoms with Crippen LogP contribution in [0.25, 0.3) is 0 Å². The van der Waals surface area contributed by atoms with Crippen LogP contribution in [0.2, 0.25) is 0 Å². The van der Waals surface area contributed by atoms with Crippen molar-refractivity contribution >= 4 is 31.9 Å². The molecule has 0 aromatic heterocycles. The molecule has 64 valence electrons. The standard InChI is InChI=1S/C10H10Br2/c11-10(12)6-5-8-3-1-2-4-9(8)7-10/h1-4H,5-7H2. The van der Waals surface area contributed by atoms with Crippen molar-refractivity contribution < 1.29 is 0 Å². The molecule has 0 fully saturated rings. The summed E-state index contributed by atoms with van der Waals surface area (Å²) in [5.41, 5.74) is 2.98. The van der Waals surface area contributed by atoms with Gasteiger partial charge in [0.2, 0.25) is 0 Å². The second-order valence-corrected chi connectivity index (χ2v) is 7.40. The Balaban J connectivity index is 2.35. The molecule has 1 aliphatic rings. The molecule has 0 spiro atoms. The third-order valence-corrected chi connectivity index (χ3v) is 3.68. The lowest BCUT2D eigenvalue weighted by Gasteiger charge is -2.27. The van der Waals surface area contributed by atoms with Gasteiger partial charge in [-0.15, -0.1) is 0 Å². The van der Waals surface area contributed by atoms with E-state index >= 15 is 0 Å². The molecule has 0 atom stereocenters. The van der Waals surface area contributed by atoms with E-state index in [0.717, 1.165) is 6.42 Å². The molecule has 0 nitrogen and oxygen atoms in total. The van der Waals surface area contributed by atoms with Gasteiger partial charge in [0, 0.05) is 0 Å². The summed E-state index contributed by atoms with van der Waals surface area (Å²) in [6, 6.07) is 8.67. The van der Waals surface area contributed by atoms with E-state index in [1.807, 2.05) is 0 Å². The zero-order valence-electron chi connectivity index (χ0n) is 6.69. The normalized spacial score (nSPS) is 20.2.